The molecule has 0 bridgehead atoms. The Kier molecular flexibility index (Phi) is 5.31. The van der Waals surface area contributed by atoms with Gasteiger partial charge in [0, 0.05) is 12.5 Å². The van der Waals surface area contributed by atoms with Crippen molar-refractivity contribution in [2.24, 2.45) is 11.3 Å². The molecule has 2 aliphatic rings. The van der Waals surface area contributed by atoms with Gasteiger partial charge in [-0.15, -0.1) is 0 Å². The summed E-state index contributed by atoms with van der Waals surface area (Å²) in [6.07, 6.45) is 0.927. The van der Waals surface area contributed by atoms with Crippen molar-refractivity contribution in [1.82, 2.24) is 4.90 Å². The Morgan fingerprint density at radius 1 is 1.03 bits per heavy atom. The highest BCUT2D eigenvalue weighted by atomic mass is 16.6. The molecule has 0 unspecified atom stereocenters. The van der Waals surface area contributed by atoms with Crippen molar-refractivity contribution in [2.75, 3.05) is 13.2 Å². The van der Waals surface area contributed by atoms with Gasteiger partial charge in [-0.05, 0) is 46.4 Å². The van der Waals surface area contributed by atoms with Gasteiger partial charge >= 0.3 is 12.1 Å². The molecule has 158 valence electrons. The molecule has 1 aliphatic carbocycles. The molecule has 4 rings (SSSR count). The molecule has 0 radical (unpaired) electrons. The van der Waals surface area contributed by atoms with Crippen LogP contribution in [-0.4, -0.2) is 41.3 Å². The van der Waals surface area contributed by atoms with E-state index >= 15 is 0 Å². The molecule has 1 aliphatic heterocycles. The second-order valence-electron chi connectivity index (χ2n) is 9.59. The summed E-state index contributed by atoms with van der Waals surface area (Å²) in [5, 5.41) is 9.79. The van der Waals surface area contributed by atoms with Crippen molar-refractivity contribution >= 4 is 12.1 Å². The van der Waals surface area contributed by atoms with E-state index in [0.717, 1.165) is 17.5 Å². The molecule has 2 atom stereocenters. The second kappa shape index (κ2) is 7.78. The highest BCUT2D eigenvalue weighted by molar-refractivity contribution is 5.82. The lowest BCUT2D eigenvalue weighted by molar-refractivity contribution is -0.143. The van der Waals surface area contributed by atoms with E-state index in [4.69, 9.17) is 4.74 Å². The lowest BCUT2D eigenvalue weighted by atomic mass is 9.81. The summed E-state index contributed by atoms with van der Waals surface area (Å²) in [7, 11) is 0. The maximum Gasteiger partial charge on any atom is 0.410 e. The van der Waals surface area contributed by atoms with Gasteiger partial charge in [-0.2, -0.15) is 0 Å². The van der Waals surface area contributed by atoms with Gasteiger partial charge in [0.2, 0.25) is 0 Å². The summed E-state index contributed by atoms with van der Waals surface area (Å²) in [5.74, 6) is -1.03. The van der Waals surface area contributed by atoms with Crippen LogP contribution in [0.15, 0.2) is 48.5 Å². The number of carboxylic acid groups (broad SMARTS) is 1. The predicted octanol–water partition coefficient (Wildman–Crippen LogP) is 5.15. The number of carbonyl (C=O) groups is 2. The lowest BCUT2D eigenvalue weighted by Gasteiger charge is -2.28. The van der Waals surface area contributed by atoms with Gasteiger partial charge in [-0.25, -0.2) is 9.59 Å². The average molecular weight is 408 g/mol. The Morgan fingerprint density at radius 2 is 1.60 bits per heavy atom. The molecule has 2 aromatic carbocycles. The maximum atomic E-state index is 12.9. The first kappa shape index (κ1) is 20.5. The minimum absolute atomic E-state index is 0.00947. The van der Waals surface area contributed by atoms with E-state index in [1.807, 2.05) is 24.3 Å². The molecule has 0 spiro atoms. The Labute approximate surface area is 177 Å². The standard InChI is InChI=1S/C25H29NO4/c1-25(2,3)14-16-12-13-26(22(16)23(27)28)24(29)30-15-21-19-10-6-4-8-17(19)18-9-5-7-11-20(18)21/h4-11,16,21-22H,12-15H2,1-3H3,(H,27,28)/t16-,22+/m1/s1. The number of ether oxygens (including phenoxy) is 1. The van der Waals surface area contributed by atoms with Crippen LogP contribution in [0.3, 0.4) is 0 Å². The second-order valence-corrected chi connectivity index (χ2v) is 9.59. The summed E-state index contributed by atoms with van der Waals surface area (Å²) in [5.41, 5.74) is 4.64. The SMILES string of the molecule is CC(C)(C)C[C@H]1CCN(C(=O)OCC2c3ccccc3-c3ccccc32)[C@@H]1C(=O)O. The third-order valence-electron chi connectivity index (χ3n) is 6.22. The molecular weight excluding hydrogens is 378 g/mol. The van der Waals surface area contributed by atoms with Crippen LogP contribution < -0.4 is 0 Å². The van der Waals surface area contributed by atoms with Crippen molar-refractivity contribution in [3.8, 4) is 11.1 Å². The number of fused-ring (bicyclic) bond motifs is 3. The monoisotopic (exact) mass is 407 g/mol. The minimum atomic E-state index is -0.949. The number of hydrogen-bond acceptors (Lipinski definition) is 3. The van der Waals surface area contributed by atoms with Gasteiger partial charge in [-0.1, -0.05) is 69.3 Å². The van der Waals surface area contributed by atoms with Crippen LogP contribution in [0.4, 0.5) is 4.79 Å². The number of carboxylic acids is 1. The first-order chi connectivity index (χ1) is 14.3. The zero-order valence-electron chi connectivity index (χ0n) is 17.8. The van der Waals surface area contributed by atoms with Crippen LogP contribution in [0, 0.1) is 11.3 Å². The molecule has 1 fully saturated rings. The van der Waals surface area contributed by atoms with Crippen molar-refractivity contribution in [1.29, 1.82) is 0 Å². The summed E-state index contributed by atoms with van der Waals surface area (Å²) < 4.78 is 5.71. The quantitative estimate of drug-likeness (QED) is 0.761. The molecule has 1 N–H and O–H groups in total. The van der Waals surface area contributed by atoms with E-state index in [1.165, 1.54) is 16.0 Å². The third kappa shape index (κ3) is 3.81. The van der Waals surface area contributed by atoms with Gasteiger partial charge < -0.3 is 9.84 Å². The topological polar surface area (TPSA) is 66.8 Å². The normalized spacial score (nSPS) is 20.7. The molecule has 30 heavy (non-hydrogen) atoms. The maximum absolute atomic E-state index is 12.9. The van der Waals surface area contributed by atoms with Gasteiger partial charge in [-0.3, -0.25) is 4.90 Å². The largest absolute Gasteiger partial charge is 0.480 e. The predicted molar refractivity (Wildman–Crippen MR) is 115 cm³/mol. The van der Waals surface area contributed by atoms with Crippen LogP contribution in [0.25, 0.3) is 11.1 Å². The van der Waals surface area contributed by atoms with E-state index in [2.05, 4.69) is 45.0 Å². The van der Waals surface area contributed by atoms with Crippen LogP contribution in [-0.2, 0) is 9.53 Å². The molecule has 0 saturated carbocycles. The third-order valence-corrected chi connectivity index (χ3v) is 6.22. The summed E-state index contributed by atoms with van der Waals surface area (Å²) in [6.45, 7) is 6.93. The zero-order chi connectivity index (χ0) is 21.5. The summed E-state index contributed by atoms with van der Waals surface area (Å²) in [6, 6.07) is 15.5. The van der Waals surface area contributed by atoms with Crippen molar-refractivity contribution in [3.63, 3.8) is 0 Å². The molecule has 5 heteroatoms. The van der Waals surface area contributed by atoms with Crippen LogP contribution in [0.5, 0.6) is 0 Å². The van der Waals surface area contributed by atoms with Crippen molar-refractivity contribution in [2.45, 2.75) is 45.6 Å². The number of hydrogen-bond donors (Lipinski definition) is 1. The lowest BCUT2D eigenvalue weighted by Crippen LogP contribution is -2.44. The highest BCUT2D eigenvalue weighted by Crippen LogP contribution is 2.44. The minimum Gasteiger partial charge on any atom is -0.480 e. The molecule has 0 aromatic heterocycles. The fourth-order valence-electron chi connectivity index (χ4n) is 5.07. The first-order valence-corrected chi connectivity index (χ1v) is 10.6. The first-order valence-electron chi connectivity index (χ1n) is 10.6. The van der Waals surface area contributed by atoms with E-state index in [9.17, 15) is 14.7 Å². The van der Waals surface area contributed by atoms with Gasteiger partial charge in [0.1, 0.15) is 12.6 Å². The number of benzene rings is 2. The highest BCUT2D eigenvalue weighted by Gasteiger charge is 2.44. The van der Waals surface area contributed by atoms with Crippen molar-refractivity contribution < 1.29 is 19.4 Å². The number of aliphatic carboxylic acids is 1. The van der Waals surface area contributed by atoms with Crippen LogP contribution >= 0.6 is 0 Å². The van der Waals surface area contributed by atoms with E-state index in [-0.39, 0.29) is 23.9 Å². The van der Waals surface area contributed by atoms with Crippen LogP contribution in [0.2, 0.25) is 0 Å². The Morgan fingerprint density at radius 3 is 2.13 bits per heavy atom. The fourth-order valence-corrected chi connectivity index (χ4v) is 5.07. The van der Waals surface area contributed by atoms with Crippen LogP contribution in [0.1, 0.15) is 50.7 Å². The molecule has 1 amide bonds. The molecular formula is C25H29NO4. The zero-order valence-corrected chi connectivity index (χ0v) is 17.8. The average Bonchev–Trinajstić information content (AvgIpc) is 3.24. The molecule has 1 saturated heterocycles. The number of nitrogens with zero attached hydrogens (tertiary/aromatic N) is 1. The van der Waals surface area contributed by atoms with Gasteiger partial charge in [0.25, 0.3) is 0 Å². The number of rotatable bonds is 4. The van der Waals surface area contributed by atoms with Crippen molar-refractivity contribution in [3.05, 3.63) is 59.7 Å². The molecule has 5 nitrogen and oxygen atoms in total. The Balaban J connectivity index is 1.49. The molecule has 2 aromatic rings. The number of amides is 1. The smallest absolute Gasteiger partial charge is 0.410 e. The van der Waals surface area contributed by atoms with E-state index < -0.39 is 18.1 Å². The molecule has 1 heterocycles. The number of carbonyl (C=O) groups excluding carboxylic acids is 1. The number of likely N-dealkylation sites (tertiary alicyclic amines) is 1. The fraction of sp³-hybridized carbons (Fsp3) is 0.440. The summed E-state index contributed by atoms with van der Waals surface area (Å²) in [4.78, 5) is 26.3. The van der Waals surface area contributed by atoms with E-state index in [1.54, 1.807) is 0 Å². The van der Waals surface area contributed by atoms with Gasteiger partial charge in [0.05, 0.1) is 0 Å². The Hall–Kier alpha value is -2.82. The summed E-state index contributed by atoms with van der Waals surface area (Å²) >= 11 is 0. The Bertz CT molecular complexity index is 916. The van der Waals surface area contributed by atoms with Gasteiger partial charge in [0.15, 0.2) is 0 Å². The van der Waals surface area contributed by atoms with E-state index in [0.29, 0.717) is 13.0 Å².